The van der Waals surface area contributed by atoms with Gasteiger partial charge in [-0.15, -0.1) is 0 Å². The molecule has 2 N–H and O–H groups in total. The summed E-state index contributed by atoms with van der Waals surface area (Å²) < 4.78 is 21.5. The van der Waals surface area contributed by atoms with Crippen LogP contribution in [0.4, 0.5) is 0 Å². The highest BCUT2D eigenvalue weighted by molar-refractivity contribution is 7.89. The van der Waals surface area contributed by atoms with Gasteiger partial charge in [-0.25, -0.2) is 13.6 Å². The summed E-state index contributed by atoms with van der Waals surface area (Å²) in [5.41, 5.74) is 0.854. The summed E-state index contributed by atoms with van der Waals surface area (Å²) >= 11 is 0. The molecule has 0 amide bonds. The molecule has 0 fully saturated rings. The first kappa shape index (κ1) is 8.23. The zero-order chi connectivity index (χ0) is 8.48. The lowest BCUT2D eigenvalue weighted by molar-refractivity contribution is 0.597. The van der Waals surface area contributed by atoms with Gasteiger partial charge in [0.1, 0.15) is 0 Å². The number of aryl methyl sites for hydroxylation is 1. The van der Waals surface area contributed by atoms with E-state index in [0.717, 1.165) is 5.56 Å². The molecule has 1 aromatic rings. The van der Waals surface area contributed by atoms with Crippen LogP contribution in [0.15, 0.2) is 23.1 Å². The van der Waals surface area contributed by atoms with Gasteiger partial charge in [0.25, 0.3) is 0 Å². The number of hydrogen-bond donors (Lipinski definition) is 1. The predicted octanol–water partition coefficient (Wildman–Crippen LogP) is 0.443. The van der Waals surface area contributed by atoms with Gasteiger partial charge >= 0.3 is 0 Å². The number of hydrogen-bond acceptors (Lipinski definition) is 2. The summed E-state index contributed by atoms with van der Waals surface area (Å²) in [6.45, 7) is 1.79. The third-order valence-corrected chi connectivity index (χ3v) is 2.09. The minimum absolute atomic E-state index is 0.0394. The Kier molecular flexibility index (Phi) is 1.97. The second-order valence-electron chi connectivity index (χ2n) is 2.28. The smallest absolute Gasteiger partial charge is 0.225 e. The normalized spacial score (nSPS) is 11.5. The van der Waals surface area contributed by atoms with E-state index >= 15 is 0 Å². The SMILES string of the molecule is Cc1cc[c]c(S(N)(=O)=O)c1. The van der Waals surface area contributed by atoms with Crippen LogP contribution in [0.2, 0.25) is 0 Å². The monoisotopic (exact) mass is 170 g/mol. The Bertz CT molecular complexity index is 356. The van der Waals surface area contributed by atoms with Crippen molar-refractivity contribution in [1.82, 2.24) is 0 Å². The molecule has 0 saturated heterocycles. The van der Waals surface area contributed by atoms with Crippen LogP contribution in [0.25, 0.3) is 0 Å². The van der Waals surface area contributed by atoms with Crippen molar-refractivity contribution in [3.05, 3.63) is 29.8 Å². The fraction of sp³-hybridized carbons (Fsp3) is 0.143. The molecule has 0 spiro atoms. The number of sulfonamides is 1. The topological polar surface area (TPSA) is 60.2 Å². The van der Waals surface area contributed by atoms with E-state index in [0.29, 0.717) is 0 Å². The summed E-state index contributed by atoms with van der Waals surface area (Å²) in [6.07, 6.45) is 0. The van der Waals surface area contributed by atoms with Crippen LogP contribution < -0.4 is 5.14 Å². The maximum atomic E-state index is 10.7. The van der Waals surface area contributed by atoms with Crippen LogP contribution >= 0.6 is 0 Å². The van der Waals surface area contributed by atoms with E-state index in [9.17, 15) is 8.42 Å². The van der Waals surface area contributed by atoms with Crippen molar-refractivity contribution < 1.29 is 8.42 Å². The van der Waals surface area contributed by atoms with Crippen molar-refractivity contribution in [2.24, 2.45) is 5.14 Å². The summed E-state index contributed by atoms with van der Waals surface area (Å²) in [4.78, 5) is 0.0394. The zero-order valence-electron chi connectivity index (χ0n) is 6.03. The molecule has 0 aliphatic rings. The van der Waals surface area contributed by atoms with Crippen molar-refractivity contribution >= 4 is 10.0 Å². The maximum absolute atomic E-state index is 10.7. The van der Waals surface area contributed by atoms with Crippen LogP contribution in [-0.2, 0) is 10.0 Å². The van der Waals surface area contributed by atoms with E-state index in [1.54, 1.807) is 13.0 Å². The largest absolute Gasteiger partial charge is 0.238 e. The van der Waals surface area contributed by atoms with E-state index in [1.165, 1.54) is 12.1 Å². The van der Waals surface area contributed by atoms with Crippen molar-refractivity contribution in [3.8, 4) is 0 Å². The Morgan fingerprint density at radius 1 is 1.55 bits per heavy atom. The predicted molar refractivity (Wildman–Crippen MR) is 41.4 cm³/mol. The minimum atomic E-state index is -3.58. The highest BCUT2D eigenvalue weighted by atomic mass is 32.2. The Hall–Kier alpha value is -0.870. The minimum Gasteiger partial charge on any atom is -0.225 e. The molecule has 1 radical (unpaired) electrons. The van der Waals surface area contributed by atoms with Crippen LogP contribution in [0.5, 0.6) is 0 Å². The van der Waals surface area contributed by atoms with Crippen LogP contribution in [0, 0.1) is 13.0 Å². The van der Waals surface area contributed by atoms with E-state index < -0.39 is 10.0 Å². The van der Waals surface area contributed by atoms with Gasteiger partial charge in [-0.3, -0.25) is 0 Å². The molecule has 0 saturated carbocycles. The van der Waals surface area contributed by atoms with Crippen LogP contribution in [0.3, 0.4) is 0 Å². The first-order valence-electron chi connectivity index (χ1n) is 3.01. The zero-order valence-corrected chi connectivity index (χ0v) is 6.85. The van der Waals surface area contributed by atoms with Crippen LogP contribution in [-0.4, -0.2) is 8.42 Å². The van der Waals surface area contributed by atoms with Gasteiger partial charge in [0, 0.05) is 6.07 Å². The molecule has 11 heavy (non-hydrogen) atoms. The quantitative estimate of drug-likeness (QED) is 0.665. The van der Waals surface area contributed by atoms with E-state index in [2.05, 4.69) is 6.07 Å². The van der Waals surface area contributed by atoms with Gasteiger partial charge in [-0.1, -0.05) is 12.1 Å². The highest BCUT2D eigenvalue weighted by Gasteiger charge is 2.06. The molecule has 0 unspecified atom stereocenters. The van der Waals surface area contributed by atoms with Gasteiger partial charge in [0.2, 0.25) is 10.0 Å². The van der Waals surface area contributed by atoms with Crippen molar-refractivity contribution in [3.63, 3.8) is 0 Å². The molecule has 0 aliphatic heterocycles. The highest BCUT2D eigenvalue weighted by Crippen LogP contribution is 2.06. The summed E-state index contributed by atoms with van der Waals surface area (Å²) in [5, 5.41) is 4.87. The Morgan fingerprint density at radius 2 is 2.18 bits per heavy atom. The van der Waals surface area contributed by atoms with Crippen molar-refractivity contribution in [2.75, 3.05) is 0 Å². The number of nitrogens with two attached hydrogens (primary N) is 1. The summed E-state index contributed by atoms with van der Waals surface area (Å²) in [5.74, 6) is 0. The molecule has 3 nitrogen and oxygen atoms in total. The number of benzene rings is 1. The Morgan fingerprint density at radius 3 is 2.55 bits per heavy atom. The average Bonchev–Trinajstić information content (AvgIpc) is 1.86. The van der Waals surface area contributed by atoms with Gasteiger partial charge in [-0.2, -0.15) is 0 Å². The Labute approximate surface area is 65.9 Å². The fourth-order valence-corrected chi connectivity index (χ4v) is 1.30. The average molecular weight is 170 g/mol. The fourth-order valence-electron chi connectivity index (χ4n) is 0.716. The first-order chi connectivity index (χ1) is 5.00. The molecule has 59 valence electrons. The van der Waals surface area contributed by atoms with Crippen LogP contribution in [0.1, 0.15) is 5.56 Å². The van der Waals surface area contributed by atoms with E-state index in [-0.39, 0.29) is 4.90 Å². The van der Waals surface area contributed by atoms with Gasteiger partial charge in [0.15, 0.2) is 0 Å². The first-order valence-corrected chi connectivity index (χ1v) is 4.56. The Balaban J connectivity index is 3.28. The number of rotatable bonds is 1. The maximum Gasteiger partial charge on any atom is 0.238 e. The van der Waals surface area contributed by atoms with E-state index in [4.69, 9.17) is 5.14 Å². The van der Waals surface area contributed by atoms with Gasteiger partial charge < -0.3 is 0 Å². The molecule has 0 aromatic heterocycles. The summed E-state index contributed by atoms with van der Waals surface area (Å²) in [7, 11) is -3.58. The lowest BCUT2D eigenvalue weighted by atomic mass is 10.2. The molecule has 0 aliphatic carbocycles. The second kappa shape index (κ2) is 2.64. The lowest BCUT2D eigenvalue weighted by Gasteiger charge is -1.96. The molecule has 4 heteroatoms. The van der Waals surface area contributed by atoms with E-state index in [1.807, 2.05) is 0 Å². The molecule has 0 heterocycles. The van der Waals surface area contributed by atoms with Crippen molar-refractivity contribution in [2.45, 2.75) is 11.8 Å². The third-order valence-electron chi connectivity index (χ3n) is 1.24. The molecule has 1 rings (SSSR count). The standard InChI is InChI=1S/C7H8NO2S/c1-6-3-2-4-7(5-6)11(8,9)10/h2-3,5H,1H3,(H2,8,9,10). The van der Waals surface area contributed by atoms with Gasteiger partial charge in [0.05, 0.1) is 4.90 Å². The van der Waals surface area contributed by atoms with Crippen molar-refractivity contribution in [1.29, 1.82) is 0 Å². The lowest BCUT2D eigenvalue weighted by Crippen LogP contribution is -2.12. The molecule has 0 atom stereocenters. The molecular weight excluding hydrogens is 162 g/mol. The third kappa shape index (κ3) is 2.03. The summed E-state index contributed by atoms with van der Waals surface area (Å²) in [6, 6.07) is 7.31. The molecule has 1 aromatic carbocycles. The molecule has 0 bridgehead atoms. The molecular formula is C7H8NO2S. The number of primary sulfonamides is 1. The van der Waals surface area contributed by atoms with Gasteiger partial charge in [-0.05, 0) is 18.6 Å². The second-order valence-corrected chi connectivity index (χ2v) is 3.81.